The monoisotopic (exact) mass is 438 g/mol. The number of ketones is 1. The predicted octanol–water partition coefficient (Wildman–Crippen LogP) is 2.28. The number of hydrogen-bond acceptors (Lipinski definition) is 6. The van der Waals surface area contributed by atoms with E-state index in [2.05, 4.69) is 5.32 Å². The summed E-state index contributed by atoms with van der Waals surface area (Å²) in [4.78, 5) is 36.0. The van der Waals surface area contributed by atoms with Crippen molar-refractivity contribution in [2.75, 3.05) is 13.2 Å². The lowest BCUT2D eigenvalue weighted by Crippen LogP contribution is -2.49. The first-order chi connectivity index (χ1) is 14.2. The molecule has 1 aromatic carbocycles. The summed E-state index contributed by atoms with van der Waals surface area (Å²) in [5, 5.41) is 2.75. The molecular weight excluding hydrogens is 408 g/mol. The molecule has 1 heterocycles. The minimum atomic E-state index is -3.94. The van der Waals surface area contributed by atoms with Crippen molar-refractivity contribution < 1.29 is 27.5 Å². The first-order valence-electron chi connectivity index (χ1n) is 10.3. The lowest BCUT2D eigenvalue weighted by atomic mass is 10.1. The van der Waals surface area contributed by atoms with Gasteiger partial charge < -0.3 is 10.1 Å². The summed E-state index contributed by atoms with van der Waals surface area (Å²) < 4.78 is 32.5. The van der Waals surface area contributed by atoms with Gasteiger partial charge in [0.1, 0.15) is 6.04 Å². The molecule has 0 aromatic heterocycles. The van der Waals surface area contributed by atoms with Crippen molar-refractivity contribution in [3.8, 4) is 0 Å². The Labute approximate surface area is 178 Å². The molecule has 0 spiro atoms. The maximum absolute atomic E-state index is 13.1. The zero-order valence-electron chi connectivity index (χ0n) is 17.7. The van der Waals surface area contributed by atoms with Gasteiger partial charge in [0.15, 0.2) is 12.4 Å². The third kappa shape index (κ3) is 6.12. The fraction of sp³-hybridized carbons (Fsp3) is 0.571. The van der Waals surface area contributed by atoms with E-state index in [1.54, 1.807) is 0 Å². The van der Waals surface area contributed by atoms with Crippen LogP contribution < -0.4 is 5.32 Å². The fourth-order valence-electron chi connectivity index (χ4n) is 3.48. The lowest BCUT2D eigenvalue weighted by Gasteiger charge is -2.33. The number of ether oxygens (including phenoxy) is 1. The van der Waals surface area contributed by atoms with Gasteiger partial charge in [0.2, 0.25) is 10.0 Å². The zero-order valence-corrected chi connectivity index (χ0v) is 18.5. The van der Waals surface area contributed by atoms with Crippen LogP contribution in [0.1, 0.15) is 63.2 Å². The number of carbonyl (C=O) groups excluding carboxylic acids is 3. The maximum Gasteiger partial charge on any atom is 0.324 e. The molecule has 2 atom stereocenters. The summed E-state index contributed by atoms with van der Waals surface area (Å²) in [5.41, 5.74) is 0.409. The van der Waals surface area contributed by atoms with Crippen molar-refractivity contribution in [2.45, 2.75) is 69.9 Å². The summed E-state index contributed by atoms with van der Waals surface area (Å²) in [5.74, 6) is -1.30. The SMILES string of the molecule is CCCC(C)NC(=O)COC(=O)C1CCCCN1S(=O)(=O)c1ccc(C(C)=O)cc1. The number of carbonyl (C=O) groups is 3. The van der Waals surface area contributed by atoms with E-state index in [9.17, 15) is 22.8 Å². The number of Topliss-reactive ketones (excluding diaryl/α,β-unsaturated/α-hetero) is 1. The Hall–Kier alpha value is -2.26. The fourth-order valence-corrected chi connectivity index (χ4v) is 5.13. The Balaban J connectivity index is 2.08. The van der Waals surface area contributed by atoms with Crippen molar-refractivity contribution in [1.82, 2.24) is 9.62 Å². The first-order valence-corrected chi connectivity index (χ1v) is 11.7. The molecule has 2 rings (SSSR count). The minimum absolute atomic E-state index is 0.0123. The Kier molecular flexibility index (Phi) is 8.54. The molecule has 0 aliphatic carbocycles. The number of hydrogen-bond donors (Lipinski definition) is 1. The molecule has 1 aliphatic rings. The maximum atomic E-state index is 13.1. The van der Waals surface area contributed by atoms with Crippen LogP contribution in [0.3, 0.4) is 0 Å². The quantitative estimate of drug-likeness (QED) is 0.468. The van der Waals surface area contributed by atoms with Crippen molar-refractivity contribution in [3.63, 3.8) is 0 Å². The van der Waals surface area contributed by atoms with Gasteiger partial charge in [-0.05, 0) is 51.7 Å². The molecule has 1 aromatic rings. The van der Waals surface area contributed by atoms with Gasteiger partial charge in [0, 0.05) is 18.2 Å². The zero-order chi connectivity index (χ0) is 22.3. The van der Waals surface area contributed by atoms with Crippen LogP contribution in [0.4, 0.5) is 0 Å². The molecule has 1 fully saturated rings. The summed E-state index contributed by atoms with van der Waals surface area (Å²) in [6.45, 7) is 5.03. The minimum Gasteiger partial charge on any atom is -0.454 e. The van der Waals surface area contributed by atoms with Crippen LogP contribution in [-0.2, 0) is 24.3 Å². The largest absolute Gasteiger partial charge is 0.454 e. The number of esters is 1. The highest BCUT2D eigenvalue weighted by molar-refractivity contribution is 7.89. The highest BCUT2D eigenvalue weighted by Crippen LogP contribution is 2.26. The van der Waals surface area contributed by atoms with Gasteiger partial charge in [-0.25, -0.2) is 8.42 Å². The van der Waals surface area contributed by atoms with E-state index in [1.165, 1.54) is 31.2 Å². The number of sulfonamides is 1. The normalized spacial score (nSPS) is 18.4. The van der Waals surface area contributed by atoms with E-state index < -0.39 is 34.5 Å². The molecule has 8 nitrogen and oxygen atoms in total. The molecule has 166 valence electrons. The Bertz CT molecular complexity index is 866. The van der Waals surface area contributed by atoms with Crippen LogP contribution in [0, 0.1) is 0 Å². The number of rotatable bonds is 9. The van der Waals surface area contributed by atoms with Gasteiger partial charge in [0.25, 0.3) is 5.91 Å². The van der Waals surface area contributed by atoms with E-state index in [0.717, 1.165) is 17.1 Å². The first kappa shape index (κ1) is 24.0. The van der Waals surface area contributed by atoms with Gasteiger partial charge in [-0.1, -0.05) is 25.5 Å². The molecular formula is C21H30N2O6S. The van der Waals surface area contributed by atoms with Gasteiger partial charge >= 0.3 is 5.97 Å². The third-order valence-corrected chi connectivity index (χ3v) is 6.99. The Morgan fingerprint density at radius 1 is 1.20 bits per heavy atom. The highest BCUT2D eigenvalue weighted by Gasteiger charge is 2.38. The second-order valence-electron chi connectivity index (χ2n) is 7.57. The highest BCUT2D eigenvalue weighted by atomic mass is 32.2. The van der Waals surface area contributed by atoms with Gasteiger partial charge in [-0.15, -0.1) is 0 Å². The molecule has 1 saturated heterocycles. The van der Waals surface area contributed by atoms with E-state index in [-0.39, 0.29) is 23.3 Å². The lowest BCUT2D eigenvalue weighted by molar-refractivity contribution is -0.153. The molecule has 0 saturated carbocycles. The second kappa shape index (κ2) is 10.7. The molecule has 1 aliphatic heterocycles. The third-order valence-electron chi connectivity index (χ3n) is 5.07. The van der Waals surface area contributed by atoms with Crippen molar-refractivity contribution in [3.05, 3.63) is 29.8 Å². The van der Waals surface area contributed by atoms with Gasteiger partial charge in [-0.2, -0.15) is 4.31 Å². The van der Waals surface area contributed by atoms with Crippen LogP contribution >= 0.6 is 0 Å². The molecule has 30 heavy (non-hydrogen) atoms. The number of amides is 1. The predicted molar refractivity (Wildman–Crippen MR) is 111 cm³/mol. The van der Waals surface area contributed by atoms with Crippen molar-refractivity contribution >= 4 is 27.7 Å². The average Bonchev–Trinajstić information content (AvgIpc) is 2.72. The van der Waals surface area contributed by atoms with Crippen molar-refractivity contribution in [2.24, 2.45) is 0 Å². The van der Waals surface area contributed by atoms with E-state index in [1.807, 2.05) is 13.8 Å². The number of nitrogens with one attached hydrogen (secondary N) is 1. The van der Waals surface area contributed by atoms with E-state index in [0.29, 0.717) is 24.8 Å². The molecule has 0 radical (unpaired) electrons. The van der Waals surface area contributed by atoms with Crippen molar-refractivity contribution in [1.29, 1.82) is 0 Å². The smallest absolute Gasteiger partial charge is 0.324 e. The standard InChI is InChI=1S/C21H30N2O6S/c1-4-7-15(2)22-20(25)14-29-21(26)19-8-5-6-13-23(19)30(27,28)18-11-9-17(10-12-18)16(3)24/h9-12,15,19H,4-8,13-14H2,1-3H3,(H,22,25). The van der Waals surface area contributed by atoms with E-state index >= 15 is 0 Å². The molecule has 9 heteroatoms. The average molecular weight is 439 g/mol. The summed E-state index contributed by atoms with van der Waals surface area (Å²) in [6, 6.07) is 4.64. The van der Waals surface area contributed by atoms with Crippen LogP contribution in [0.15, 0.2) is 29.2 Å². The van der Waals surface area contributed by atoms with E-state index in [4.69, 9.17) is 4.74 Å². The molecule has 2 unspecified atom stereocenters. The molecule has 1 N–H and O–H groups in total. The summed E-state index contributed by atoms with van der Waals surface area (Å²) in [7, 11) is -3.94. The molecule has 1 amide bonds. The Morgan fingerprint density at radius 3 is 2.47 bits per heavy atom. The van der Waals surface area contributed by atoms with Crippen LogP contribution in [-0.4, -0.2) is 55.6 Å². The number of piperidine rings is 1. The topological polar surface area (TPSA) is 110 Å². The van der Waals surface area contributed by atoms with Crippen LogP contribution in [0.5, 0.6) is 0 Å². The summed E-state index contributed by atoms with van der Waals surface area (Å²) in [6.07, 6.45) is 3.38. The second-order valence-corrected chi connectivity index (χ2v) is 9.46. The Morgan fingerprint density at radius 2 is 1.87 bits per heavy atom. The van der Waals surface area contributed by atoms with Crippen LogP contribution in [0.25, 0.3) is 0 Å². The number of nitrogens with zero attached hydrogens (tertiary/aromatic N) is 1. The summed E-state index contributed by atoms with van der Waals surface area (Å²) >= 11 is 0. The van der Waals surface area contributed by atoms with Gasteiger partial charge in [0.05, 0.1) is 4.90 Å². The molecule has 0 bridgehead atoms. The van der Waals surface area contributed by atoms with Gasteiger partial charge in [-0.3, -0.25) is 14.4 Å². The van der Waals surface area contributed by atoms with Crippen LogP contribution in [0.2, 0.25) is 0 Å². The number of benzene rings is 1.